The lowest BCUT2D eigenvalue weighted by molar-refractivity contribution is 0.414. The maximum Gasteiger partial charge on any atom is 0.192 e. The van der Waals surface area contributed by atoms with Crippen molar-refractivity contribution in [2.45, 2.75) is 19.4 Å². The summed E-state index contributed by atoms with van der Waals surface area (Å²) in [5.41, 5.74) is 2.54. The Morgan fingerprint density at radius 1 is 1.29 bits per heavy atom. The van der Waals surface area contributed by atoms with Crippen LogP contribution in [-0.4, -0.2) is 9.67 Å². The van der Waals surface area contributed by atoms with Gasteiger partial charge in [0.2, 0.25) is 0 Å². The number of hydrogen-bond donors (Lipinski definition) is 1. The van der Waals surface area contributed by atoms with E-state index in [2.05, 4.69) is 28.1 Å². The van der Waals surface area contributed by atoms with E-state index in [1.54, 1.807) is 0 Å². The van der Waals surface area contributed by atoms with Crippen LogP contribution in [0.2, 0.25) is 0 Å². The van der Waals surface area contributed by atoms with Gasteiger partial charge in [-0.2, -0.15) is 0 Å². The van der Waals surface area contributed by atoms with Crippen molar-refractivity contribution in [3.63, 3.8) is 0 Å². The van der Waals surface area contributed by atoms with Gasteiger partial charge < -0.3 is 9.67 Å². The van der Waals surface area contributed by atoms with Gasteiger partial charge in [0.25, 0.3) is 0 Å². The molecule has 1 N–H and O–H groups in total. The highest BCUT2D eigenvalue weighted by Crippen LogP contribution is 2.34. The van der Waals surface area contributed by atoms with Gasteiger partial charge in [0.15, 0.2) is 5.88 Å². The standard InChI is InChI=1S/C11H10BrNO/c12-9-4-7-2-1-3-13-10(14)6-8(5-9)11(7)13/h4-6,14H,1-3H2. The summed E-state index contributed by atoms with van der Waals surface area (Å²) in [5, 5.41) is 10.9. The summed E-state index contributed by atoms with van der Waals surface area (Å²) in [6, 6.07) is 6.05. The molecule has 0 saturated heterocycles. The molecular weight excluding hydrogens is 242 g/mol. The van der Waals surface area contributed by atoms with Gasteiger partial charge in [0, 0.05) is 22.5 Å². The molecule has 0 unspecified atom stereocenters. The average molecular weight is 252 g/mol. The number of aryl methyl sites for hydroxylation is 2. The fourth-order valence-corrected chi connectivity index (χ4v) is 2.82. The summed E-state index contributed by atoms with van der Waals surface area (Å²) >= 11 is 3.49. The third-order valence-corrected chi connectivity index (χ3v) is 3.30. The smallest absolute Gasteiger partial charge is 0.192 e. The van der Waals surface area contributed by atoms with Crippen LogP contribution in [-0.2, 0) is 13.0 Å². The number of rotatable bonds is 0. The molecule has 72 valence electrons. The van der Waals surface area contributed by atoms with E-state index >= 15 is 0 Å². The van der Waals surface area contributed by atoms with Crippen LogP contribution in [0, 0.1) is 0 Å². The molecule has 2 nitrogen and oxygen atoms in total. The SMILES string of the molecule is Oc1cc2cc(Br)cc3c2n1CCC3. The van der Waals surface area contributed by atoms with Crippen molar-refractivity contribution < 1.29 is 5.11 Å². The van der Waals surface area contributed by atoms with Crippen LogP contribution in [0.15, 0.2) is 22.7 Å². The van der Waals surface area contributed by atoms with Gasteiger partial charge >= 0.3 is 0 Å². The van der Waals surface area contributed by atoms with E-state index in [0.29, 0.717) is 5.88 Å². The Bertz CT molecular complexity index is 515. The van der Waals surface area contributed by atoms with E-state index in [1.807, 2.05) is 10.6 Å². The molecule has 0 radical (unpaired) electrons. The van der Waals surface area contributed by atoms with Gasteiger partial charge in [-0.25, -0.2) is 0 Å². The molecule has 1 aliphatic rings. The number of benzene rings is 1. The van der Waals surface area contributed by atoms with Crippen LogP contribution in [0.3, 0.4) is 0 Å². The van der Waals surface area contributed by atoms with Crippen LogP contribution >= 0.6 is 15.9 Å². The number of hydrogen-bond acceptors (Lipinski definition) is 1. The minimum Gasteiger partial charge on any atom is -0.494 e. The molecule has 3 heteroatoms. The summed E-state index contributed by atoms with van der Waals surface area (Å²) in [6.45, 7) is 0.934. The van der Waals surface area contributed by atoms with Crippen molar-refractivity contribution in [3.8, 4) is 5.88 Å². The second-order valence-electron chi connectivity index (χ2n) is 3.76. The Balaban J connectivity index is 2.48. The van der Waals surface area contributed by atoms with Crippen molar-refractivity contribution in [1.82, 2.24) is 4.57 Å². The number of halogens is 1. The first-order chi connectivity index (χ1) is 6.75. The molecule has 0 bridgehead atoms. The van der Waals surface area contributed by atoms with E-state index in [-0.39, 0.29) is 0 Å². The fraction of sp³-hybridized carbons (Fsp3) is 0.273. The first-order valence-corrected chi connectivity index (χ1v) is 5.55. The van der Waals surface area contributed by atoms with Crippen molar-refractivity contribution in [2.24, 2.45) is 0 Å². The first kappa shape index (κ1) is 8.36. The molecule has 0 fully saturated rings. The predicted octanol–water partition coefficient (Wildman–Crippen LogP) is 3.06. The Hall–Kier alpha value is -0.960. The van der Waals surface area contributed by atoms with Gasteiger partial charge in [0.05, 0.1) is 5.52 Å². The minimum atomic E-state index is 0.388. The number of aromatic nitrogens is 1. The zero-order valence-corrected chi connectivity index (χ0v) is 9.21. The molecule has 1 aliphatic heterocycles. The van der Waals surface area contributed by atoms with Crippen LogP contribution in [0.5, 0.6) is 5.88 Å². The zero-order chi connectivity index (χ0) is 9.71. The highest BCUT2D eigenvalue weighted by molar-refractivity contribution is 9.10. The quantitative estimate of drug-likeness (QED) is 0.765. The van der Waals surface area contributed by atoms with Gasteiger partial charge in [0.1, 0.15) is 0 Å². The van der Waals surface area contributed by atoms with E-state index in [4.69, 9.17) is 0 Å². The second-order valence-corrected chi connectivity index (χ2v) is 4.68. The van der Waals surface area contributed by atoms with Crippen molar-refractivity contribution in [2.75, 3.05) is 0 Å². The largest absolute Gasteiger partial charge is 0.494 e. The van der Waals surface area contributed by atoms with Crippen molar-refractivity contribution >= 4 is 26.8 Å². The summed E-state index contributed by atoms with van der Waals surface area (Å²) in [4.78, 5) is 0. The molecule has 1 aromatic carbocycles. The zero-order valence-electron chi connectivity index (χ0n) is 7.63. The monoisotopic (exact) mass is 251 g/mol. The Labute approximate surface area is 90.3 Å². The Morgan fingerprint density at radius 2 is 2.14 bits per heavy atom. The fourth-order valence-electron chi connectivity index (χ4n) is 2.29. The van der Waals surface area contributed by atoms with Gasteiger partial charge in [-0.05, 0) is 30.5 Å². The van der Waals surface area contributed by atoms with Gasteiger partial charge in [-0.15, -0.1) is 0 Å². The molecule has 3 rings (SSSR count). The van der Waals surface area contributed by atoms with E-state index < -0.39 is 0 Å². The third-order valence-electron chi connectivity index (χ3n) is 2.84. The Morgan fingerprint density at radius 3 is 3.00 bits per heavy atom. The van der Waals surface area contributed by atoms with E-state index in [9.17, 15) is 5.11 Å². The van der Waals surface area contributed by atoms with Gasteiger partial charge in [-0.3, -0.25) is 0 Å². The summed E-state index contributed by atoms with van der Waals surface area (Å²) < 4.78 is 3.10. The summed E-state index contributed by atoms with van der Waals surface area (Å²) in [7, 11) is 0. The maximum absolute atomic E-state index is 9.73. The lowest BCUT2D eigenvalue weighted by Gasteiger charge is -2.16. The molecule has 14 heavy (non-hydrogen) atoms. The van der Waals surface area contributed by atoms with E-state index in [1.165, 1.54) is 11.1 Å². The molecule has 2 aromatic rings. The molecule has 0 amide bonds. The van der Waals surface area contributed by atoms with Crippen LogP contribution < -0.4 is 0 Å². The maximum atomic E-state index is 9.73. The lowest BCUT2D eigenvalue weighted by Crippen LogP contribution is -2.06. The van der Waals surface area contributed by atoms with Crippen LogP contribution in [0.4, 0.5) is 0 Å². The van der Waals surface area contributed by atoms with Gasteiger partial charge in [-0.1, -0.05) is 15.9 Å². The topological polar surface area (TPSA) is 25.2 Å². The third kappa shape index (κ3) is 1.02. The second kappa shape index (κ2) is 2.76. The number of nitrogens with zero attached hydrogens (tertiary/aromatic N) is 1. The molecule has 0 aliphatic carbocycles. The molecule has 0 atom stereocenters. The summed E-state index contributed by atoms with van der Waals surface area (Å²) in [6.07, 6.45) is 2.22. The average Bonchev–Trinajstić information content (AvgIpc) is 2.45. The summed E-state index contributed by atoms with van der Waals surface area (Å²) in [5.74, 6) is 0.388. The minimum absolute atomic E-state index is 0.388. The molecular formula is C11H10BrNO. The first-order valence-electron chi connectivity index (χ1n) is 4.76. The molecule has 0 saturated carbocycles. The van der Waals surface area contributed by atoms with Crippen LogP contribution in [0.1, 0.15) is 12.0 Å². The highest BCUT2D eigenvalue weighted by atomic mass is 79.9. The lowest BCUT2D eigenvalue weighted by atomic mass is 10.0. The predicted molar refractivity (Wildman–Crippen MR) is 59.6 cm³/mol. The molecule has 1 aromatic heterocycles. The number of aromatic hydroxyl groups is 1. The van der Waals surface area contributed by atoms with Crippen molar-refractivity contribution in [1.29, 1.82) is 0 Å². The normalized spacial score (nSPS) is 14.9. The highest BCUT2D eigenvalue weighted by Gasteiger charge is 2.16. The Kier molecular flexibility index (Phi) is 1.65. The molecule has 2 heterocycles. The van der Waals surface area contributed by atoms with Crippen LogP contribution in [0.25, 0.3) is 10.9 Å². The van der Waals surface area contributed by atoms with Crippen molar-refractivity contribution in [3.05, 3.63) is 28.2 Å². The molecule has 0 spiro atoms. The van der Waals surface area contributed by atoms with E-state index in [0.717, 1.165) is 29.2 Å².